The Hall–Kier alpha value is -2.68. The van der Waals surface area contributed by atoms with Crippen molar-refractivity contribution in [2.75, 3.05) is 11.4 Å². The van der Waals surface area contributed by atoms with E-state index in [-0.39, 0.29) is 11.7 Å². The second kappa shape index (κ2) is 6.39. The minimum atomic E-state index is -0.0580. The summed E-state index contributed by atoms with van der Waals surface area (Å²) in [6.07, 6.45) is 4.84. The number of carbonyl (C=O) groups is 2. The molecule has 0 atom stereocenters. The first-order chi connectivity index (χ1) is 10.7. The fourth-order valence-electron chi connectivity index (χ4n) is 2.58. The molecule has 1 saturated heterocycles. The van der Waals surface area contributed by atoms with Crippen molar-refractivity contribution in [2.24, 2.45) is 0 Å². The fourth-order valence-corrected chi connectivity index (χ4v) is 2.58. The van der Waals surface area contributed by atoms with Gasteiger partial charge in [0.15, 0.2) is 5.78 Å². The van der Waals surface area contributed by atoms with Gasteiger partial charge in [0.1, 0.15) is 0 Å². The number of carbonyl (C=O) groups excluding carboxylic acids is 2. The molecule has 3 heteroatoms. The van der Waals surface area contributed by atoms with E-state index in [2.05, 4.69) is 0 Å². The van der Waals surface area contributed by atoms with Gasteiger partial charge in [-0.15, -0.1) is 0 Å². The Morgan fingerprint density at radius 1 is 1.05 bits per heavy atom. The second-order valence-electron chi connectivity index (χ2n) is 5.31. The normalized spacial score (nSPS) is 14.7. The molecule has 1 aliphatic heterocycles. The lowest BCUT2D eigenvalue weighted by Crippen LogP contribution is -2.23. The van der Waals surface area contributed by atoms with Gasteiger partial charge in [0.25, 0.3) is 0 Å². The van der Waals surface area contributed by atoms with E-state index < -0.39 is 0 Å². The van der Waals surface area contributed by atoms with Crippen LogP contribution in [0.3, 0.4) is 0 Å². The van der Waals surface area contributed by atoms with E-state index in [0.29, 0.717) is 12.0 Å². The van der Waals surface area contributed by atoms with Gasteiger partial charge < -0.3 is 4.90 Å². The smallest absolute Gasteiger partial charge is 0.227 e. The number of nitrogens with zero attached hydrogens (tertiary/aromatic N) is 1. The molecule has 0 bridgehead atoms. The van der Waals surface area contributed by atoms with Gasteiger partial charge in [-0.2, -0.15) is 0 Å². The monoisotopic (exact) mass is 291 g/mol. The van der Waals surface area contributed by atoms with Crippen LogP contribution >= 0.6 is 0 Å². The molecule has 1 fully saturated rings. The average Bonchev–Trinajstić information content (AvgIpc) is 3.00. The third-order valence-electron chi connectivity index (χ3n) is 3.74. The Labute approximate surface area is 129 Å². The second-order valence-corrected chi connectivity index (χ2v) is 5.31. The van der Waals surface area contributed by atoms with Crippen LogP contribution in [0.1, 0.15) is 28.8 Å². The maximum absolute atomic E-state index is 12.3. The number of allylic oxidation sites excluding steroid dienone is 1. The molecular weight excluding hydrogens is 274 g/mol. The Morgan fingerprint density at radius 2 is 1.86 bits per heavy atom. The summed E-state index contributed by atoms with van der Waals surface area (Å²) in [5.41, 5.74) is 2.40. The highest BCUT2D eigenvalue weighted by atomic mass is 16.2. The molecule has 0 radical (unpaired) electrons. The summed E-state index contributed by atoms with van der Waals surface area (Å²) < 4.78 is 0. The van der Waals surface area contributed by atoms with Crippen LogP contribution in [0.2, 0.25) is 0 Å². The molecule has 0 aliphatic carbocycles. The minimum Gasteiger partial charge on any atom is -0.312 e. The number of anilines is 1. The summed E-state index contributed by atoms with van der Waals surface area (Å²) >= 11 is 0. The molecule has 3 nitrogen and oxygen atoms in total. The van der Waals surface area contributed by atoms with Gasteiger partial charge in [-0.3, -0.25) is 9.59 Å². The predicted octanol–water partition coefficient (Wildman–Crippen LogP) is 3.71. The SMILES string of the molecule is O=C(/C=C/c1ccccc1)c1cccc(N2CCCC2=O)c1. The summed E-state index contributed by atoms with van der Waals surface area (Å²) in [6.45, 7) is 0.732. The van der Waals surface area contributed by atoms with E-state index in [0.717, 1.165) is 24.2 Å². The van der Waals surface area contributed by atoms with Crippen LogP contribution in [0.5, 0.6) is 0 Å². The highest BCUT2D eigenvalue weighted by Crippen LogP contribution is 2.22. The standard InChI is InChI=1S/C19H17NO2/c21-18(12-11-15-6-2-1-3-7-15)16-8-4-9-17(14-16)20-13-5-10-19(20)22/h1-4,6-9,11-12,14H,5,10,13H2/b12-11+. The fraction of sp³-hybridized carbons (Fsp3) is 0.158. The van der Waals surface area contributed by atoms with Crippen LogP contribution in [-0.2, 0) is 4.79 Å². The summed E-state index contributed by atoms with van der Waals surface area (Å²) in [6, 6.07) is 17.0. The molecule has 0 aromatic heterocycles. The van der Waals surface area contributed by atoms with Gasteiger partial charge in [0.05, 0.1) is 0 Å². The largest absolute Gasteiger partial charge is 0.312 e. The van der Waals surface area contributed by atoms with Gasteiger partial charge in [-0.25, -0.2) is 0 Å². The van der Waals surface area contributed by atoms with Crippen LogP contribution in [0.15, 0.2) is 60.7 Å². The predicted molar refractivity (Wildman–Crippen MR) is 87.8 cm³/mol. The molecule has 2 aromatic rings. The third kappa shape index (κ3) is 3.14. The Balaban J connectivity index is 1.78. The van der Waals surface area contributed by atoms with E-state index in [1.165, 1.54) is 0 Å². The summed E-state index contributed by atoms with van der Waals surface area (Å²) in [5.74, 6) is 0.0711. The van der Waals surface area contributed by atoms with E-state index in [4.69, 9.17) is 0 Å². The van der Waals surface area contributed by atoms with Crippen LogP contribution in [0, 0.1) is 0 Å². The first kappa shape index (κ1) is 14.3. The van der Waals surface area contributed by atoms with E-state index in [1.54, 1.807) is 29.2 Å². The van der Waals surface area contributed by atoms with Crippen LogP contribution in [0.25, 0.3) is 6.08 Å². The highest BCUT2D eigenvalue weighted by Gasteiger charge is 2.21. The molecule has 0 spiro atoms. The number of rotatable bonds is 4. The molecule has 1 heterocycles. The number of hydrogen-bond donors (Lipinski definition) is 0. The van der Waals surface area contributed by atoms with Crippen LogP contribution < -0.4 is 4.90 Å². The van der Waals surface area contributed by atoms with Gasteiger partial charge in [-0.05, 0) is 30.2 Å². The van der Waals surface area contributed by atoms with Crippen molar-refractivity contribution in [3.8, 4) is 0 Å². The molecular formula is C19H17NO2. The van der Waals surface area contributed by atoms with Crippen molar-refractivity contribution in [3.63, 3.8) is 0 Å². The van der Waals surface area contributed by atoms with Crippen molar-refractivity contribution in [1.82, 2.24) is 0 Å². The lowest BCUT2D eigenvalue weighted by atomic mass is 10.1. The summed E-state index contributed by atoms with van der Waals surface area (Å²) in [7, 11) is 0. The van der Waals surface area contributed by atoms with Crippen molar-refractivity contribution >= 4 is 23.5 Å². The van der Waals surface area contributed by atoms with Crippen LogP contribution in [0.4, 0.5) is 5.69 Å². The van der Waals surface area contributed by atoms with Crippen molar-refractivity contribution < 1.29 is 9.59 Å². The van der Waals surface area contributed by atoms with Gasteiger partial charge >= 0.3 is 0 Å². The maximum Gasteiger partial charge on any atom is 0.227 e. The van der Waals surface area contributed by atoms with Crippen molar-refractivity contribution in [2.45, 2.75) is 12.8 Å². The zero-order valence-electron chi connectivity index (χ0n) is 12.2. The minimum absolute atomic E-state index is 0.0580. The number of amides is 1. The van der Waals surface area contributed by atoms with Crippen molar-refractivity contribution in [3.05, 3.63) is 71.8 Å². The molecule has 1 aliphatic rings. The summed E-state index contributed by atoms with van der Waals surface area (Å²) in [4.78, 5) is 25.8. The zero-order valence-corrected chi connectivity index (χ0v) is 12.2. The molecule has 3 rings (SSSR count). The number of ketones is 1. The highest BCUT2D eigenvalue weighted by molar-refractivity contribution is 6.08. The van der Waals surface area contributed by atoms with Crippen LogP contribution in [-0.4, -0.2) is 18.2 Å². The molecule has 0 saturated carbocycles. The van der Waals surface area contributed by atoms with E-state index in [1.807, 2.05) is 42.5 Å². The molecule has 0 unspecified atom stereocenters. The molecule has 1 amide bonds. The molecule has 0 N–H and O–H groups in total. The summed E-state index contributed by atoms with van der Waals surface area (Å²) in [5, 5.41) is 0. The van der Waals surface area contributed by atoms with Crippen molar-refractivity contribution in [1.29, 1.82) is 0 Å². The first-order valence-corrected chi connectivity index (χ1v) is 7.42. The van der Waals surface area contributed by atoms with E-state index >= 15 is 0 Å². The first-order valence-electron chi connectivity index (χ1n) is 7.42. The zero-order chi connectivity index (χ0) is 15.4. The Morgan fingerprint density at radius 3 is 2.59 bits per heavy atom. The average molecular weight is 291 g/mol. The molecule has 22 heavy (non-hydrogen) atoms. The third-order valence-corrected chi connectivity index (χ3v) is 3.74. The Kier molecular flexibility index (Phi) is 4.15. The molecule has 110 valence electrons. The quantitative estimate of drug-likeness (QED) is 0.636. The Bertz CT molecular complexity index is 719. The topological polar surface area (TPSA) is 37.4 Å². The lowest BCUT2D eigenvalue weighted by Gasteiger charge is -2.16. The van der Waals surface area contributed by atoms with E-state index in [9.17, 15) is 9.59 Å². The van der Waals surface area contributed by atoms with Gasteiger partial charge in [0.2, 0.25) is 5.91 Å². The number of benzene rings is 2. The molecule has 2 aromatic carbocycles. The van der Waals surface area contributed by atoms with Gasteiger partial charge in [0, 0.05) is 24.2 Å². The lowest BCUT2D eigenvalue weighted by molar-refractivity contribution is -0.117. The van der Waals surface area contributed by atoms with Gasteiger partial charge in [-0.1, -0.05) is 48.5 Å². The maximum atomic E-state index is 12.3. The number of hydrogen-bond acceptors (Lipinski definition) is 2.